The molecule has 146 valence electrons. The smallest absolute Gasteiger partial charge is 0.227 e. The molecule has 0 saturated heterocycles. The van der Waals surface area contributed by atoms with E-state index < -0.39 is 0 Å². The number of benzene rings is 1. The Labute approximate surface area is 166 Å². The van der Waals surface area contributed by atoms with E-state index in [4.69, 9.17) is 0 Å². The van der Waals surface area contributed by atoms with Crippen LogP contribution in [0.15, 0.2) is 48.7 Å². The molecule has 29 heavy (non-hydrogen) atoms. The van der Waals surface area contributed by atoms with Crippen molar-refractivity contribution in [2.24, 2.45) is 0 Å². The fourth-order valence-electron chi connectivity index (χ4n) is 3.28. The zero-order valence-electron chi connectivity index (χ0n) is 15.9. The maximum Gasteiger partial charge on any atom is 0.227 e. The van der Waals surface area contributed by atoms with Crippen LogP contribution >= 0.6 is 0 Å². The molecule has 1 aliphatic rings. The molecule has 3 heterocycles. The van der Waals surface area contributed by atoms with E-state index >= 15 is 0 Å². The monoisotopic (exact) mass is 389 g/mol. The quantitative estimate of drug-likeness (QED) is 0.443. The summed E-state index contributed by atoms with van der Waals surface area (Å²) in [6.45, 7) is 1.97. The molecule has 0 aliphatic heterocycles. The second kappa shape index (κ2) is 7.12. The Hall–Kier alpha value is -3.55. The van der Waals surface area contributed by atoms with E-state index in [0.29, 0.717) is 29.1 Å². The summed E-state index contributed by atoms with van der Waals surface area (Å²) in [5.41, 5.74) is 2.66. The van der Waals surface area contributed by atoms with Crippen molar-refractivity contribution in [1.82, 2.24) is 25.1 Å². The van der Waals surface area contributed by atoms with Gasteiger partial charge in [-0.3, -0.25) is 5.10 Å². The SMILES string of the molecule is C[C@H](Nc1nc(Nc2cc(C3CC3)[nH]n2)c2cccnc2n1)c1ccc(F)cc1. The molecule has 1 aliphatic carbocycles. The van der Waals surface area contributed by atoms with Gasteiger partial charge in [0, 0.05) is 23.9 Å². The molecule has 5 rings (SSSR count). The standard InChI is InChI=1S/C21H20FN7/c1-12(13-6-8-15(22)9-7-13)24-21-26-19-16(3-2-10-23-19)20(27-21)25-18-11-17(28-29-18)14-4-5-14/h2-3,6-12,14H,4-5H2,1H3,(H3,23,24,25,26,27,28,29)/t12-/m0/s1. The average Bonchev–Trinajstić information content (AvgIpc) is 3.48. The number of nitrogens with zero attached hydrogens (tertiary/aromatic N) is 4. The Morgan fingerprint density at radius 1 is 1.14 bits per heavy atom. The van der Waals surface area contributed by atoms with Gasteiger partial charge in [0.2, 0.25) is 5.95 Å². The van der Waals surface area contributed by atoms with Gasteiger partial charge in [0.15, 0.2) is 11.5 Å². The minimum Gasteiger partial charge on any atom is -0.348 e. The largest absolute Gasteiger partial charge is 0.348 e. The molecule has 4 aromatic rings. The maximum atomic E-state index is 13.2. The zero-order chi connectivity index (χ0) is 19.8. The number of halogens is 1. The summed E-state index contributed by atoms with van der Waals surface area (Å²) in [5, 5.41) is 14.8. The second-order valence-corrected chi connectivity index (χ2v) is 7.30. The second-order valence-electron chi connectivity index (χ2n) is 7.30. The molecule has 3 N–H and O–H groups in total. The highest BCUT2D eigenvalue weighted by Crippen LogP contribution is 2.39. The molecule has 0 spiro atoms. The van der Waals surface area contributed by atoms with E-state index in [1.54, 1.807) is 18.3 Å². The highest BCUT2D eigenvalue weighted by molar-refractivity contribution is 5.89. The number of H-pyrrole nitrogens is 1. The Morgan fingerprint density at radius 2 is 1.97 bits per heavy atom. The number of hydrogen-bond donors (Lipinski definition) is 3. The normalized spacial score (nSPS) is 14.7. The summed E-state index contributed by atoms with van der Waals surface area (Å²) < 4.78 is 13.2. The first-order chi connectivity index (χ1) is 14.2. The van der Waals surface area contributed by atoms with E-state index in [9.17, 15) is 4.39 Å². The summed E-state index contributed by atoms with van der Waals surface area (Å²) in [6.07, 6.45) is 4.11. The van der Waals surface area contributed by atoms with Gasteiger partial charge < -0.3 is 10.6 Å². The van der Waals surface area contributed by atoms with Gasteiger partial charge in [0.25, 0.3) is 0 Å². The van der Waals surface area contributed by atoms with Crippen LogP contribution in [-0.2, 0) is 0 Å². The van der Waals surface area contributed by atoms with Crippen LogP contribution < -0.4 is 10.6 Å². The van der Waals surface area contributed by atoms with E-state index in [0.717, 1.165) is 16.6 Å². The van der Waals surface area contributed by atoms with Gasteiger partial charge in [0.05, 0.1) is 11.4 Å². The third-order valence-corrected chi connectivity index (χ3v) is 5.05. The molecule has 8 heteroatoms. The molecular weight excluding hydrogens is 369 g/mol. The van der Waals surface area contributed by atoms with Crippen LogP contribution in [0.3, 0.4) is 0 Å². The lowest BCUT2D eigenvalue weighted by Gasteiger charge is -2.15. The molecule has 1 atom stereocenters. The van der Waals surface area contributed by atoms with Crippen molar-refractivity contribution in [1.29, 1.82) is 0 Å². The van der Waals surface area contributed by atoms with Gasteiger partial charge in [-0.05, 0) is 49.6 Å². The van der Waals surface area contributed by atoms with Crippen LogP contribution in [0, 0.1) is 5.82 Å². The van der Waals surface area contributed by atoms with Gasteiger partial charge in [-0.2, -0.15) is 15.1 Å². The van der Waals surface area contributed by atoms with Crippen molar-refractivity contribution >= 4 is 28.6 Å². The fourth-order valence-corrected chi connectivity index (χ4v) is 3.28. The number of rotatable bonds is 6. The van der Waals surface area contributed by atoms with Crippen LogP contribution in [0.5, 0.6) is 0 Å². The minimum atomic E-state index is -0.261. The Bertz CT molecular complexity index is 1150. The number of hydrogen-bond acceptors (Lipinski definition) is 6. The summed E-state index contributed by atoms with van der Waals surface area (Å²) in [6, 6.07) is 12.1. The Kier molecular flexibility index (Phi) is 4.31. The van der Waals surface area contributed by atoms with Gasteiger partial charge in [-0.1, -0.05) is 12.1 Å². The summed E-state index contributed by atoms with van der Waals surface area (Å²) in [7, 11) is 0. The van der Waals surface area contributed by atoms with E-state index in [-0.39, 0.29) is 11.9 Å². The maximum absolute atomic E-state index is 13.2. The van der Waals surface area contributed by atoms with Crippen molar-refractivity contribution in [3.63, 3.8) is 0 Å². The summed E-state index contributed by atoms with van der Waals surface area (Å²) in [5.74, 6) is 2.12. The number of pyridine rings is 1. The average molecular weight is 389 g/mol. The number of aromatic nitrogens is 5. The van der Waals surface area contributed by atoms with Gasteiger partial charge in [-0.25, -0.2) is 9.37 Å². The zero-order valence-corrected chi connectivity index (χ0v) is 15.9. The fraction of sp³-hybridized carbons (Fsp3) is 0.238. The van der Waals surface area contributed by atoms with Crippen LogP contribution in [0.25, 0.3) is 11.0 Å². The molecule has 1 aromatic carbocycles. The molecule has 0 radical (unpaired) electrons. The third kappa shape index (κ3) is 3.73. The van der Waals surface area contributed by atoms with Crippen molar-refractivity contribution < 1.29 is 4.39 Å². The molecule has 1 fully saturated rings. The van der Waals surface area contributed by atoms with Crippen LogP contribution in [0.4, 0.5) is 22.0 Å². The van der Waals surface area contributed by atoms with Gasteiger partial charge in [-0.15, -0.1) is 0 Å². The summed E-state index contributed by atoms with van der Waals surface area (Å²) in [4.78, 5) is 13.5. The van der Waals surface area contributed by atoms with Crippen LogP contribution in [0.1, 0.15) is 43.0 Å². The van der Waals surface area contributed by atoms with Gasteiger partial charge >= 0.3 is 0 Å². The Balaban J connectivity index is 1.45. The first-order valence-electron chi connectivity index (χ1n) is 9.63. The predicted octanol–water partition coefficient (Wildman–Crippen LogP) is 4.68. The summed E-state index contributed by atoms with van der Waals surface area (Å²) >= 11 is 0. The molecule has 0 bridgehead atoms. The lowest BCUT2D eigenvalue weighted by atomic mass is 10.1. The molecule has 3 aromatic heterocycles. The van der Waals surface area contributed by atoms with E-state index in [1.807, 2.05) is 25.1 Å². The van der Waals surface area contributed by atoms with E-state index in [2.05, 4.69) is 35.8 Å². The number of fused-ring (bicyclic) bond motifs is 1. The van der Waals surface area contributed by atoms with Gasteiger partial charge in [0.1, 0.15) is 11.6 Å². The first-order valence-corrected chi connectivity index (χ1v) is 9.63. The van der Waals surface area contributed by atoms with Crippen molar-refractivity contribution in [2.75, 3.05) is 10.6 Å². The molecule has 1 saturated carbocycles. The first kappa shape index (κ1) is 17.5. The number of nitrogens with one attached hydrogen (secondary N) is 3. The molecular formula is C21H20FN7. The molecule has 0 unspecified atom stereocenters. The predicted molar refractivity (Wildman–Crippen MR) is 110 cm³/mol. The topological polar surface area (TPSA) is 91.4 Å². The number of anilines is 3. The highest BCUT2D eigenvalue weighted by Gasteiger charge is 2.25. The molecule has 7 nitrogen and oxygen atoms in total. The lowest BCUT2D eigenvalue weighted by Crippen LogP contribution is -2.11. The van der Waals surface area contributed by atoms with Crippen molar-refractivity contribution in [2.45, 2.75) is 31.7 Å². The molecule has 0 amide bonds. The Morgan fingerprint density at radius 3 is 2.76 bits per heavy atom. The number of aromatic amines is 1. The third-order valence-electron chi connectivity index (χ3n) is 5.05. The van der Waals surface area contributed by atoms with Crippen molar-refractivity contribution in [3.8, 4) is 0 Å². The van der Waals surface area contributed by atoms with E-state index in [1.165, 1.54) is 25.0 Å². The van der Waals surface area contributed by atoms with Crippen molar-refractivity contribution in [3.05, 3.63) is 65.7 Å². The highest BCUT2D eigenvalue weighted by atomic mass is 19.1. The minimum absolute atomic E-state index is 0.100. The lowest BCUT2D eigenvalue weighted by molar-refractivity contribution is 0.626. The van der Waals surface area contributed by atoms with Crippen LogP contribution in [-0.4, -0.2) is 25.1 Å². The van der Waals surface area contributed by atoms with Crippen LogP contribution in [0.2, 0.25) is 0 Å².